The summed E-state index contributed by atoms with van der Waals surface area (Å²) in [5.74, 6) is 0. The van der Waals surface area contributed by atoms with Crippen LogP contribution >= 0.6 is 0 Å². The lowest BCUT2D eigenvalue weighted by atomic mass is 10.0. The Morgan fingerprint density at radius 2 is 1.89 bits per heavy atom. The summed E-state index contributed by atoms with van der Waals surface area (Å²) >= 11 is 0. The van der Waals surface area contributed by atoms with E-state index in [1.165, 1.54) is 12.0 Å². The first-order valence-electron chi connectivity index (χ1n) is 7.36. The van der Waals surface area contributed by atoms with Crippen LogP contribution < -0.4 is 0 Å². The van der Waals surface area contributed by atoms with Crippen molar-refractivity contribution in [3.63, 3.8) is 0 Å². The van der Waals surface area contributed by atoms with Gasteiger partial charge in [0.1, 0.15) is 0 Å². The molecule has 0 amide bonds. The minimum atomic E-state index is 0.527. The molecule has 0 N–H and O–H groups in total. The Balaban J connectivity index is 2.04. The van der Waals surface area contributed by atoms with Crippen molar-refractivity contribution in [2.75, 3.05) is 46.4 Å². The monoisotopic (exact) mass is 262 g/mol. The highest BCUT2D eigenvalue weighted by molar-refractivity contribution is 5.19. The third-order valence-electron chi connectivity index (χ3n) is 3.99. The Morgan fingerprint density at radius 1 is 1.21 bits per heavy atom. The van der Waals surface area contributed by atoms with Crippen molar-refractivity contribution < 1.29 is 4.74 Å². The van der Waals surface area contributed by atoms with E-state index >= 15 is 0 Å². The maximum Gasteiger partial charge on any atom is 0.0594 e. The van der Waals surface area contributed by atoms with Crippen LogP contribution in [0.15, 0.2) is 30.3 Å². The van der Waals surface area contributed by atoms with Gasteiger partial charge in [-0.05, 0) is 32.1 Å². The highest BCUT2D eigenvalue weighted by Gasteiger charge is 2.22. The van der Waals surface area contributed by atoms with Gasteiger partial charge in [0.05, 0.1) is 13.2 Å². The molecule has 1 saturated heterocycles. The Kier molecular flexibility index (Phi) is 5.83. The van der Waals surface area contributed by atoms with E-state index in [0.717, 1.165) is 39.4 Å². The largest absolute Gasteiger partial charge is 0.379 e. The molecule has 1 aromatic carbocycles. The predicted octanol–water partition coefficient (Wildman–Crippen LogP) is 2.40. The number of ether oxygens (including phenoxy) is 1. The van der Waals surface area contributed by atoms with E-state index in [4.69, 9.17) is 4.74 Å². The van der Waals surface area contributed by atoms with Gasteiger partial charge in [-0.15, -0.1) is 0 Å². The zero-order valence-electron chi connectivity index (χ0n) is 12.2. The van der Waals surface area contributed by atoms with Crippen LogP contribution in [0, 0.1) is 0 Å². The van der Waals surface area contributed by atoms with Gasteiger partial charge in [-0.25, -0.2) is 0 Å². The summed E-state index contributed by atoms with van der Waals surface area (Å²) < 4.78 is 5.48. The third-order valence-corrected chi connectivity index (χ3v) is 3.99. The third kappa shape index (κ3) is 4.30. The summed E-state index contributed by atoms with van der Waals surface area (Å²) in [6.07, 6.45) is 1.19. The molecule has 2 rings (SSSR count). The van der Waals surface area contributed by atoms with Gasteiger partial charge in [0.15, 0.2) is 0 Å². The fraction of sp³-hybridized carbons (Fsp3) is 0.625. The van der Waals surface area contributed by atoms with Crippen molar-refractivity contribution in [2.24, 2.45) is 0 Å². The second kappa shape index (κ2) is 7.63. The van der Waals surface area contributed by atoms with Crippen molar-refractivity contribution in [1.29, 1.82) is 0 Å². The van der Waals surface area contributed by atoms with Crippen LogP contribution in [-0.4, -0.2) is 56.2 Å². The lowest BCUT2D eigenvalue weighted by Gasteiger charge is -2.35. The minimum absolute atomic E-state index is 0.527. The molecule has 19 heavy (non-hydrogen) atoms. The predicted molar refractivity (Wildman–Crippen MR) is 79.4 cm³/mol. The summed E-state index contributed by atoms with van der Waals surface area (Å²) in [7, 11) is 2.20. The highest BCUT2D eigenvalue weighted by Crippen LogP contribution is 2.25. The van der Waals surface area contributed by atoms with Gasteiger partial charge in [0.25, 0.3) is 0 Å². The fourth-order valence-electron chi connectivity index (χ4n) is 2.63. The average molecular weight is 262 g/mol. The Hall–Kier alpha value is -0.900. The van der Waals surface area contributed by atoms with E-state index in [9.17, 15) is 0 Å². The van der Waals surface area contributed by atoms with Crippen LogP contribution in [0.1, 0.15) is 24.9 Å². The first-order valence-corrected chi connectivity index (χ1v) is 7.36. The van der Waals surface area contributed by atoms with Gasteiger partial charge in [0.2, 0.25) is 0 Å². The molecule has 1 aliphatic heterocycles. The molecule has 1 aromatic rings. The first-order chi connectivity index (χ1) is 9.31. The van der Waals surface area contributed by atoms with Crippen LogP contribution in [0.25, 0.3) is 0 Å². The lowest BCUT2D eigenvalue weighted by molar-refractivity contribution is 0.0126. The summed E-state index contributed by atoms with van der Waals surface area (Å²) in [6.45, 7) is 8.31. The van der Waals surface area contributed by atoms with Crippen molar-refractivity contribution >= 4 is 0 Å². The molecular weight excluding hydrogens is 236 g/mol. The van der Waals surface area contributed by atoms with Crippen molar-refractivity contribution in [2.45, 2.75) is 19.4 Å². The molecular formula is C16H26N2O. The fourth-order valence-corrected chi connectivity index (χ4v) is 2.63. The van der Waals surface area contributed by atoms with E-state index in [-0.39, 0.29) is 0 Å². The highest BCUT2D eigenvalue weighted by atomic mass is 16.5. The minimum Gasteiger partial charge on any atom is -0.379 e. The van der Waals surface area contributed by atoms with E-state index in [1.807, 2.05) is 0 Å². The lowest BCUT2D eigenvalue weighted by Crippen LogP contribution is -2.40. The molecule has 1 atom stereocenters. The molecule has 1 heterocycles. The normalized spacial score (nSPS) is 18.7. The molecule has 106 valence electrons. The summed E-state index contributed by atoms with van der Waals surface area (Å²) in [4.78, 5) is 4.96. The van der Waals surface area contributed by atoms with Gasteiger partial charge in [-0.3, -0.25) is 4.90 Å². The Labute approximate surface area is 117 Å². The van der Waals surface area contributed by atoms with Crippen LogP contribution in [0.2, 0.25) is 0 Å². The molecule has 1 unspecified atom stereocenters. The number of hydrogen-bond donors (Lipinski definition) is 0. The SMILES string of the molecule is CCN(C)CCC(c1ccccc1)N1CCOCC1. The summed E-state index contributed by atoms with van der Waals surface area (Å²) in [5.41, 5.74) is 1.44. The maximum atomic E-state index is 5.48. The Bertz CT molecular complexity index is 349. The number of rotatable bonds is 6. The van der Waals surface area contributed by atoms with E-state index in [1.54, 1.807) is 0 Å². The van der Waals surface area contributed by atoms with Crippen molar-refractivity contribution in [3.05, 3.63) is 35.9 Å². The molecule has 0 spiro atoms. The Morgan fingerprint density at radius 3 is 2.53 bits per heavy atom. The first kappa shape index (κ1) is 14.5. The number of nitrogens with zero attached hydrogens (tertiary/aromatic N) is 2. The molecule has 1 aliphatic rings. The second-order valence-electron chi connectivity index (χ2n) is 5.26. The molecule has 0 bridgehead atoms. The second-order valence-corrected chi connectivity index (χ2v) is 5.26. The summed E-state index contributed by atoms with van der Waals surface area (Å²) in [6, 6.07) is 11.4. The average Bonchev–Trinajstić information content (AvgIpc) is 2.49. The molecule has 3 nitrogen and oxygen atoms in total. The standard InChI is InChI=1S/C16H26N2O/c1-3-17(2)10-9-16(15-7-5-4-6-8-15)18-11-13-19-14-12-18/h4-8,16H,3,9-14H2,1-2H3. The van der Waals surface area contributed by atoms with E-state index in [2.05, 4.69) is 54.1 Å². The molecule has 0 aromatic heterocycles. The molecule has 1 fully saturated rings. The van der Waals surface area contributed by atoms with Crippen molar-refractivity contribution in [3.8, 4) is 0 Å². The summed E-state index contributed by atoms with van der Waals surface area (Å²) in [5, 5.41) is 0. The number of hydrogen-bond acceptors (Lipinski definition) is 3. The quantitative estimate of drug-likeness (QED) is 0.783. The molecule has 0 aliphatic carbocycles. The molecule has 3 heteroatoms. The van der Waals surface area contributed by atoms with Crippen LogP contribution in [0.3, 0.4) is 0 Å². The van der Waals surface area contributed by atoms with Gasteiger partial charge in [0, 0.05) is 19.1 Å². The van der Waals surface area contributed by atoms with Crippen LogP contribution in [-0.2, 0) is 4.74 Å². The zero-order chi connectivity index (χ0) is 13.5. The van der Waals surface area contributed by atoms with Gasteiger partial charge in [-0.2, -0.15) is 0 Å². The van der Waals surface area contributed by atoms with Crippen LogP contribution in [0.4, 0.5) is 0 Å². The van der Waals surface area contributed by atoms with Gasteiger partial charge < -0.3 is 9.64 Å². The number of benzene rings is 1. The van der Waals surface area contributed by atoms with Crippen molar-refractivity contribution in [1.82, 2.24) is 9.80 Å². The zero-order valence-corrected chi connectivity index (χ0v) is 12.2. The smallest absolute Gasteiger partial charge is 0.0594 e. The number of morpholine rings is 1. The topological polar surface area (TPSA) is 15.7 Å². The van der Waals surface area contributed by atoms with Crippen LogP contribution in [0.5, 0.6) is 0 Å². The van der Waals surface area contributed by atoms with Gasteiger partial charge in [-0.1, -0.05) is 37.3 Å². The molecule has 0 radical (unpaired) electrons. The maximum absolute atomic E-state index is 5.48. The van der Waals surface area contributed by atoms with E-state index < -0.39 is 0 Å². The molecule has 0 saturated carbocycles. The van der Waals surface area contributed by atoms with E-state index in [0.29, 0.717) is 6.04 Å². The van der Waals surface area contributed by atoms with Gasteiger partial charge >= 0.3 is 0 Å².